The van der Waals surface area contributed by atoms with Crippen LogP contribution in [0, 0.1) is 0 Å². The van der Waals surface area contributed by atoms with E-state index in [1.165, 1.54) is 87.9 Å². The molecule has 1 nitrogen and oxygen atoms in total. The largest absolute Gasteiger partial charge is 0.309 e. The van der Waals surface area contributed by atoms with Gasteiger partial charge in [0.05, 0.1) is 11.0 Å². The van der Waals surface area contributed by atoms with Crippen molar-refractivity contribution >= 4 is 43.4 Å². The summed E-state index contributed by atoms with van der Waals surface area (Å²) in [5.41, 5.74) is 13.5. The van der Waals surface area contributed by atoms with E-state index in [0.717, 1.165) is 5.69 Å². The second-order valence-electron chi connectivity index (χ2n) is 13.2. The summed E-state index contributed by atoms with van der Waals surface area (Å²) >= 11 is 0. The highest BCUT2D eigenvalue weighted by Crippen LogP contribution is 2.49. The first kappa shape index (κ1) is 29.2. The van der Waals surface area contributed by atoms with Crippen molar-refractivity contribution in [3.8, 4) is 50.2 Å². The predicted molar refractivity (Wildman–Crippen MR) is 218 cm³/mol. The van der Waals surface area contributed by atoms with Gasteiger partial charge in [-0.3, -0.25) is 0 Å². The minimum Gasteiger partial charge on any atom is -0.309 e. The van der Waals surface area contributed by atoms with E-state index < -0.39 is 0 Å². The normalized spacial score (nSPS) is 11.5. The summed E-state index contributed by atoms with van der Waals surface area (Å²) < 4.78 is 2.44. The zero-order chi connectivity index (χ0) is 33.7. The van der Waals surface area contributed by atoms with E-state index in [1.807, 2.05) is 0 Å². The Morgan fingerprint density at radius 3 is 1.27 bits per heavy atom. The minimum atomic E-state index is 1.16. The van der Waals surface area contributed by atoms with Crippen LogP contribution in [0.25, 0.3) is 93.5 Å². The molecule has 0 aliphatic carbocycles. The van der Waals surface area contributed by atoms with Crippen LogP contribution in [0.1, 0.15) is 0 Å². The van der Waals surface area contributed by atoms with Gasteiger partial charge in [0.25, 0.3) is 0 Å². The molecule has 1 aromatic heterocycles. The van der Waals surface area contributed by atoms with Crippen molar-refractivity contribution < 1.29 is 0 Å². The molecule has 0 spiro atoms. The van der Waals surface area contributed by atoms with Gasteiger partial charge >= 0.3 is 0 Å². The smallest absolute Gasteiger partial charge is 0.0619 e. The van der Waals surface area contributed by atoms with Gasteiger partial charge in [0, 0.05) is 22.0 Å². The molecule has 0 saturated carbocycles. The topological polar surface area (TPSA) is 4.93 Å². The van der Waals surface area contributed by atoms with Crippen molar-refractivity contribution in [3.63, 3.8) is 0 Å². The molecular formula is C50H33N. The van der Waals surface area contributed by atoms with Gasteiger partial charge in [-0.05, 0) is 78.7 Å². The van der Waals surface area contributed by atoms with E-state index in [1.54, 1.807) is 0 Å². The third-order valence-corrected chi connectivity index (χ3v) is 10.4. The first-order valence-corrected chi connectivity index (χ1v) is 17.6. The number of benzene rings is 9. The van der Waals surface area contributed by atoms with Crippen molar-refractivity contribution in [3.05, 3.63) is 200 Å². The number of hydrogen-bond donors (Lipinski definition) is 0. The first-order chi connectivity index (χ1) is 25.4. The van der Waals surface area contributed by atoms with Crippen molar-refractivity contribution in [2.45, 2.75) is 0 Å². The minimum absolute atomic E-state index is 1.16. The molecule has 0 fully saturated rings. The highest BCUT2D eigenvalue weighted by atomic mass is 15.0. The highest BCUT2D eigenvalue weighted by molar-refractivity contribution is 6.24. The second-order valence-corrected chi connectivity index (χ2v) is 13.2. The molecule has 0 aliphatic rings. The van der Waals surface area contributed by atoms with Gasteiger partial charge < -0.3 is 4.57 Å². The summed E-state index contributed by atoms with van der Waals surface area (Å²) in [6.45, 7) is 0. The lowest BCUT2D eigenvalue weighted by Crippen LogP contribution is -1.97. The molecule has 0 N–H and O–H groups in total. The van der Waals surface area contributed by atoms with E-state index in [-0.39, 0.29) is 0 Å². The lowest BCUT2D eigenvalue weighted by Gasteiger charge is -2.21. The summed E-state index contributed by atoms with van der Waals surface area (Å²) in [6.07, 6.45) is 0. The Hall–Kier alpha value is -6.70. The lowest BCUT2D eigenvalue weighted by molar-refractivity contribution is 1.18. The molecule has 1 heterocycles. The van der Waals surface area contributed by atoms with E-state index in [2.05, 4.69) is 205 Å². The average Bonchev–Trinajstić information content (AvgIpc) is 3.55. The number of fused-ring (bicyclic) bond motifs is 5. The molecule has 0 aliphatic heterocycles. The van der Waals surface area contributed by atoms with Gasteiger partial charge in [0.2, 0.25) is 0 Å². The standard InChI is InChI=1S/C50H33N/c1-3-18-34(19-4-1)36-22-7-9-25-39(36)48-41-27-11-13-29-43(41)49(44-30-14-12-28-42(44)48)40-26-10-8-23-37(40)45-31-17-32-46-38-24-15-16-33-47(38)51(50(45)46)35-20-5-2-6-21-35/h1-33H. The lowest BCUT2D eigenvalue weighted by atomic mass is 9.82. The summed E-state index contributed by atoms with van der Waals surface area (Å²) in [7, 11) is 0. The average molecular weight is 648 g/mol. The third-order valence-electron chi connectivity index (χ3n) is 10.4. The Bertz CT molecular complexity index is 2840. The van der Waals surface area contributed by atoms with E-state index in [9.17, 15) is 0 Å². The molecule has 0 radical (unpaired) electrons. The zero-order valence-electron chi connectivity index (χ0n) is 28.0. The summed E-state index contributed by atoms with van der Waals surface area (Å²) in [5.74, 6) is 0. The van der Waals surface area contributed by atoms with Gasteiger partial charge in [0.15, 0.2) is 0 Å². The number of hydrogen-bond acceptors (Lipinski definition) is 0. The van der Waals surface area contributed by atoms with Crippen LogP contribution in [0.2, 0.25) is 0 Å². The highest BCUT2D eigenvalue weighted by Gasteiger charge is 2.22. The molecule has 0 saturated heterocycles. The van der Waals surface area contributed by atoms with E-state index in [0.29, 0.717) is 0 Å². The Kier molecular flexibility index (Phi) is 6.89. The Morgan fingerprint density at radius 1 is 0.255 bits per heavy atom. The van der Waals surface area contributed by atoms with Gasteiger partial charge in [-0.15, -0.1) is 0 Å². The third kappa shape index (κ3) is 4.63. The molecule has 51 heavy (non-hydrogen) atoms. The Balaban J connectivity index is 1.31. The summed E-state index contributed by atoms with van der Waals surface area (Å²) in [5, 5.41) is 7.51. The van der Waals surface area contributed by atoms with Crippen LogP contribution in [0.15, 0.2) is 200 Å². The molecule has 238 valence electrons. The number of para-hydroxylation sites is 3. The maximum atomic E-state index is 2.44. The van der Waals surface area contributed by atoms with E-state index >= 15 is 0 Å². The van der Waals surface area contributed by atoms with Crippen molar-refractivity contribution in [2.75, 3.05) is 0 Å². The maximum absolute atomic E-state index is 2.44. The van der Waals surface area contributed by atoms with Crippen LogP contribution in [0.4, 0.5) is 0 Å². The van der Waals surface area contributed by atoms with Crippen LogP contribution in [-0.2, 0) is 0 Å². The monoisotopic (exact) mass is 647 g/mol. The number of nitrogens with zero attached hydrogens (tertiary/aromatic N) is 1. The van der Waals surface area contributed by atoms with Crippen LogP contribution < -0.4 is 0 Å². The summed E-state index contributed by atoms with van der Waals surface area (Å²) in [4.78, 5) is 0. The van der Waals surface area contributed by atoms with Gasteiger partial charge in [-0.1, -0.05) is 182 Å². The van der Waals surface area contributed by atoms with Gasteiger partial charge in [-0.2, -0.15) is 0 Å². The molecule has 0 amide bonds. The Morgan fingerprint density at radius 2 is 0.667 bits per heavy atom. The van der Waals surface area contributed by atoms with Crippen LogP contribution in [0.5, 0.6) is 0 Å². The molecule has 0 atom stereocenters. The van der Waals surface area contributed by atoms with Crippen molar-refractivity contribution in [2.24, 2.45) is 0 Å². The quantitative estimate of drug-likeness (QED) is 0.164. The molecule has 0 unspecified atom stereocenters. The van der Waals surface area contributed by atoms with Crippen LogP contribution in [0.3, 0.4) is 0 Å². The SMILES string of the molecule is c1ccc(-c2ccccc2-c2c3ccccc3c(-c3ccccc3-c3cccc4c5ccccc5n(-c5ccccc5)c34)c3ccccc23)cc1. The first-order valence-electron chi connectivity index (χ1n) is 17.6. The maximum Gasteiger partial charge on any atom is 0.0619 e. The number of rotatable bonds is 5. The predicted octanol–water partition coefficient (Wildman–Crippen LogP) is 13.8. The molecule has 0 bridgehead atoms. The van der Waals surface area contributed by atoms with Crippen LogP contribution >= 0.6 is 0 Å². The molecule has 10 rings (SSSR count). The second kappa shape index (κ2) is 12.0. The summed E-state index contributed by atoms with van der Waals surface area (Å²) in [6, 6.07) is 72.9. The molecule has 10 aromatic rings. The molecule has 1 heteroatoms. The van der Waals surface area contributed by atoms with Gasteiger partial charge in [0.1, 0.15) is 0 Å². The van der Waals surface area contributed by atoms with Crippen LogP contribution in [-0.4, -0.2) is 4.57 Å². The number of aromatic nitrogens is 1. The molecule has 9 aromatic carbocycles. The Labute approximate surface area is 297 Å². The van der Waals surface area contributed by atoms with Crippen molar-refractivity contribution in [1.29, 1.82) is 0 Å². The zero-order valence-corrected chi connectivity index (χ0v) is 28.0. The fourth-order valence-electron chi connectivity index (χ4n) is 8.30. The van der Waals surface area contributed by atoms with E-state index in [4.69, 9.17) is 0 Å². The molecular weight excluding hydrogens is 615 g/mol. The van der Waals surface area contributed by atoms with Gasteiger partial charge in [-0.25, -0.2) is 0 Å². The fraction of sp³-hybridized carbons (Fsp3) is 0. The fourth-order valence-corrected chi connectivity index (χ4v) is 8.30. The van der Waals surface area contributed by atoms with Crippen molar-refractivity contribution in [1.82, 2.24) is 4.57 Å².